The number of esters is 1. The molecule has 0 bridgehead atoms. The van der Waals surface area contributed by atoms with E-state index in [1.165, 1.54) is 5.01 Å². The van der Waals surface area contributed by atoms with Crippen molar-refractivity contribution >= 4 is 5.97 Å². The molecule has 18 heavy (non-hydrogen) atoms. The first-order valence-electron chi connectivity index (χ1n) is 6.03. The normalized spacial score (nSPS) is 24.1. The lowest BCUT2D eigenvalue weighted by atomic mass is 10.1. The third-order valence-corrected chi connectivity index (χ3v) is 3.22. The first-order valence-corrected chi connectivity index (χ1v) is 6.03. The van der Waals surface area contributed by atoms with Gasteiger partial charge in [0.2, 0.25) is 0 Å². The maximum atomic E-state index is 11.8. The van der Waals surface area contributed by atoms with Gasteiger partial charge in [0.1, 0.15) is 6.61 Å². The molecule has 1 saturated heterocycles. The molecule has 2 rings (SSSR count). The third-order valence-electron chi connectivity index (χ3n) is 3.22. The van der Waals surface area contributed by atoms with Crippen LogP contribution in [0.15, 0.2) is 30.3 Å². The molecule has 1 aliphatic heterocycles. The van der Waals surface area contributed by atoms with Crippen molar-refractivity contribution in [3.8, 4) is 0 Å². The van der Waals surface area contributed by atoms with Crippen LogP contribution in [-0.4, -0.2) is 35.3 Å². The Bertz CT molecular complexity index is 396. The van der Waals surface area contributed by atoms with Crippen molar-refractivity contribution in [3.05, 3.63) is 35.9 Å². The minimum Gasteiger partial charge on any atom is -0.461 e. The van der Waals surface area contributed by atoms with Crippen LogP contribution in [0.3, 0.4) is 0 Å². The van der Waals surface area contributed by atoms with Crippen LogP contribution in [0.1, 0.15) is 12.0 Å². The van der Waals surface area contributed by atoms with Crippen molar-refractivity contribution in [2.24, 2.45) is 11.8 Å². The summed E-state index contributed by atoms with van der Waals surface area (Å²) >= 11 is 0. The van der Waals surface area contributed by atoms with Crippen molar-refractivity contribution in [1.29, 1.82) is 0 Å². The number of ether oxygens (including phenoxy) is 1. The first kappa shape index (κ1) is 13.0. The standard InChI is InChI=1S/C13H18N2O3/c14-15-7-11(6-12(15)8-16)13(17)18-9-10-4-2-1-3-5-10/h1-5,11-12,16H,6-9,14H2/t11-,12-/m1/s1. The number of benzene rings is 1. The topological polar surface area (TPSA) is 75.8 Å². The molecule has 0 aliphatic carbocycles. The van der Waals surface area contributed by atoms with E-state index in [0.717, 1.165) is 5.56 Å². The summed E-state index contributed by atoms with van der Waals surface area (Å²) in [7, 11) is 0. The van der Waals surface area contributed by atoms with Gasteiger partial charge >= 0.3 is 5.97 Å². The average molecular weight is 250 g/mol. The lowest BCUT2D eigenvalue weighted by Gasteiger charge is -2.14. The number of nitrogens with zero attached hydrogens (tertiary/aromatic N) is 1. The number of carbonyl (C=O) groups is 1. The second-order valence-electron chi connectivity index (χ2n) is 4.56. The number of rotatable bonds is 4. The molecular formula is C13H18N2O3. The highest BCUT2D eigenvalue weighted by molar-refractivity contribution is 5.73. The smallest absolute Gasteiger partial charge is 0.310 e. The van der Waals surface area contributed by atoms with Crippen LogP contribution in [0.25, 0.3) is 0 Å². The van der Waals surface area contributed by atoms with Crippen LogP contribution in [-0.2, 0) is 16.1 Å². The van der Waals surface area contributed by atoms with Crippen LogP contribution in [0, 0.1) is 5.92 Å². The largest absolute Gasteiger partial charge is 0.461 e. The highest BCUT2D eigenvalue weighted by Gasteiger charge is 2.35. The summed E-state index contributed by atoms with van der Waals surface area (Å²) in [6.45, 7) is 0.697. The maximum Gasteiger partial charge on any atom is 0.310 e. The van der Waals surface area contributed by atoms with Gasteiger partial charge < -0.3 is 9.84 Å². The minimum atomic E-state index is -0.245. The van der Waals surface area contributed by atoms with Gasteiger partial charge in [-0.05, 0) is 12.0 Å². The van der Waals surface area contributed by atoms with Gasteiger partial charge in [0.25, 0.3) is 0 Å². The summed E-state index contributed by atoms with van der Waals surface area (Å²) in [4.78, 5) is 11.8. The van der Waals surface area contributed by atoms with Crippen LogP contribution >= 0.6 is 0 Å². The lowest BCUT2D eigenvalue weighted by Crippen LogP contribution is -2.38. The van der Waals surface area contributed by atoms with Gasteiger partial charge in [-0.3, -0.25) is 10.6 Å². The molecule has 1 fully saturated rings. The number of aliphatic hydroxyl groups is 1. The van der Waals surface area contributed by atoms with E-state index in [-0.39, 0.29) is 31.1 Å². The minimum absolute atomic E-state index is 0.0288. The first-order chi connectivity index (χ1) is 8.70. The Balaban J connectivity index is 1.82. The fourth-order valence-corrected chi connectivity index (χ4v) is 2.14. The van der Waals surface area contributed by atoms with E-state index in [1.54, 1.807) is 0 Å². The van der Waals surface area contributed by atoms with Crippen LogP contribution in [0.4, 0.5) is 0 Å². The lowest BCUT2D eigenvalue weighted by molar-refractivity contribution is -0.149. The number of hydrogen-bond donors (Lipinski definition) is 2. The Morgan fingerprint density at radius 2 is 2.17 bits per heavy atom. The molecule has 1 aromatic carbocycles. The van der Waals surface area contributed by atoms with E-state index in [0.29, 0.717) is 13.0 Å². The Kier molecular flexibility index (Phi) is 4.30. The number of carbonyl (C=O) groups excluding carboxylic acids is 1. The van der Waals surface area contributed by atoms with E-state index in [2.05, 4.69) is 0 Å². The maximum absolute atomic E-state index is 11.8. The highest BCUT2D eigenvalue weighted by Crippen LogP contribution is 2.21. The molecular weight excluding hydrogens is 232 g/mol. The molecule has 98 valence electrons. The quantitative estimate of drug-likeness (QED) is 0.593. The molecule has 3 N–H and O–H groups in total. The Morgan fingerprint density at radius 1 is 1.44 bits per heavy atom. The summed E-state index contributed by atoms with van der Waals surface area (Å²) in [6, 6.07) is 9.41. The summed E-state index contributed by atoms with van der Waals surface area (Å²) in [5.74, 6) is 5.21. The van der Waals surface area contributed by atoms with Crippen molar-refractivity contribution in [1.82, 2.24) is 5.01 Å². The van der Waals surface area contributed by atoms with Gasteiger partial charge in [0, 0.05) is 12.6 Å². The molecule has 1 heterocycles. The Hall–Kier alpha value is -1.43. The van der Waals surface area contributed by atoms with Crippen molar-refractivity contribution in [2.75, 3.05) is 13.2 Å². The van der Waals surface area contributed by atoms with E-state index in [4.69, 9.17) is 15.7 Å². The molecule has 1 aliphatic rings. The molecule has 0 aromatic heterocycles. The number of nitrogens with two attached hydrogens (primary N) is 1. The molecule has 0 spiro atoms. The van der Waals surface area contributed by atoms with Crippen molar-refractivity contribution in [2.45, 2.75) is 19.1 Å². The second kappa shape index (κ2) is 5.95. The highest BCUT2D eigenvalue weighted by atomic mass is 16.5. The van der Waals surface area contributed by atoms with Crippen molar-refractivity contribution < 1.29 is 14.6 Å². The van der Waals surface area contributed by atoms with E-state index < -0.39 is 0 Å². The zero-order valence-electron chi connectivity index (χ0n) is 10.2. The molecule has 5 nitrogen and oxygen atoms in total. The number of aliphatic hydroxyl groups excluding tert-OH is 1. The predicted molar refractivity (Wildman–Crippen MR) is 66.1 cm³/mol. The van der Waals surface area contributed by atoms with Gasteiger partial charge in [-0.15, -0.1) is 0 Å². The van der Waals surface area contributed by atoms with Gasteiger partial charge in [-0.25, -0.2) is 5.01 Å². The Labute approximate surface area is 106 Å². The summed E-state index contributed by atoms with van der Waals surface area (Å²) < 4.78 is 5.25. The molecule has 1 aromatic rings. The third kappa shape index (κ3) is 3.07. The predicted octanol–water partition coefficient (Wildman–Crippen LogP) is 0.286. The van der Waals surface area contributed by atoms with Crippen LogP contribution in [0.2, 0.25) is 0 Å². The Morgan fingerprint density at radius 3 is 2.78 bits per heavy atom. The molecule has 2 atom stereocenters. The fraction of sp³-hybridized carbons (Fsp3) is 0.462. The zero-order valence-corrected chi connectivity index (χ0v) is 10.2. The van der Waals surface area contributed by atoms with Gasteiger partial charge in [0.15, 0.2) is 0 Å². The SMILES string of the molecule is NN1C[C@H](C(=O)OCc2ccccc2)C[C@@H]1CO. The summed E-state index contributed by atoms with van der Waals surface area (Å²) in [5, 5.41) is 10.6. The van der Waals surface area contributed by atoms with Gasteiger partial charge in [-0.1, -0.05) is 30.3 Å². The van der Waals surface area contributed by atoms with E-state index in [1.807, 2.05) is 30.3 Å². The van der Waals surface area contributed by atoms with Crippen molar-refractivity contribution in [3.63, 3.8) is 0 Å². The number of hydrazine groups is 1. The fourth-order valence-electron chi connectivity index (χ4n) is 2.14. The summed E-state index contributed by atoms with van der Waals surface area (Å²) in [5.41, 5.74) is 0.965. The summed E-state index contributed by atoms with van der Waals surface area (Å²) in [6.07, 6.45) is 0.556. The van der Waals surface area contributed by atoms with Gasteiger partial charge in [0.05, 0.1) is 12.5 Å². The van der Waals surface area contributed by atoms with Gasteiger partial charge in [-0.2, -0.15) is 0 Å². The molecule has 5 heteroatoms. The zero-order chi connectivity index (χ0) is 13.0. The number of hydrogen-bond acceptors (Lipinski definition) is 5. The van der Waals surface area contributed by atoms with E-state index in [9.17, 15) is 4.79 Å². The van der Waals surface area contributed by atoms with E-state index >= 15 is 0 Å². The molecule has 0 unspecified atom stereocenters. The molecule has 0 radical (unpaired) electrons. The van der Waals surface area contributed by atoms with Crippen LogP contribution in [0.5, 0.6) is 0 Å². The average Bonchev–Trinajstić information content (AvgIpc) is 2.78. The second-order valence-corrected chi connectivity index (χ2v) is 4.56. The molecule has 0 amide bonds. The molecule has 0 saturated carbocycles. The monoisotopic (exact) mass is 250 g/mol. The van der Waals surface area contributed by atoms with Crippen LogP contribution < -0.4 is 5.84 Å².